The van der Waals surface area contributed by atoms with Crippen molar-refractivity contribution in [3.05, 3.63) is 40.7 Å². The highest BCUT2D eigenvalue weighted by Crippen LogP contribution is 2.44. The summed E-state index contributed by atoms with van der Waals surface area (Å²) in [6.45, 7) is 9.39. The Balaban J connectivity index is 1.68. The van der Waals surface area contributed by atoms with Crippen LogP contribution in [0.5, 0.6) is 0 Å². The lowest BCUT2D eigenvalue weighted by molar-refractivity contribution is -0.122. The molecule has 3 rings (SSSR count). The largest absolute Gasteiger partial charge is 0.351 e. The zero-order chi connectivity index (χ0) is 14.9. The van der Waals surface area contributed by atoms with Gasteiger partial charge >= 0.3 is 0 Å². The second-order valence-corrected chi connectivity index (χ2v) is 6.77. The summed E-state index contributed by atoms with van der Waals surface area (Å²) in [6, 6.07) is 5.87. The first-order chi connectivity index (χ1) is 10.1. The van der Waals surface area contributed by atoms with Crippen LogP contribution < -0.4 is 5.32 Å². The van der Waals surface area contributed by atoms with Crippen LogP contribution in [0.2, 0.25) is 0 Å². The molecule has 110 valence electrons. The minimum Gasteiger partial charge on any atom is -0.351 e. The minimum absolute atomic E-state index is 0.00708. The normalized spacial score (nSPS) is 20.0. The van der Waals surface area contributed by atoms with E-state index in [0.29, 0.717) is 12.3 Å². The molecule has 0 aliphatic heterocycles. The molecule has 2 fully saturated rings. The molecular weight excluding hydrogens is 260 g/mol. The van der Waals surface area contributed by atoms with E-state index in [-0.39, 0.29) is 11.4 Å². The molecule has 3 heteroatoms. The fourth-order valence-corrected chi connectivity index (χ4v) is 3.38. The van der Waals surface area contributed by atoms with Crippen LogP contribution in [0.1, 0.15) is 62.5 Å². The highest BCUT2D eigenvalue weighted by Gasteiger charge is 2.30. The zero-order valence-corrected chi connectivity index (χ0v) is 12.6. The maximum Gasteiger partial charge on any atom is 0.224 e. The first-order valence-corrected chi connectivity index (χ1v) is 7.91. The lowest BCUT2D eigenvalue weighted by atomic mass is 9.99. The van der Waals surface area contributed by atoms with E-state index in [2.05, 4.69) is 23.2 Å². The number of nitrogens with zero attached hydrogens (tertiary/aromatic N) is 1. The monoisotopic (exact) mass is 282 g/mol. The quantitative estimate of drug-likeness (QED) is 0.828. The van der Waals surface area contributed by atoms with Crippen LogP contribution in [0.25, 0.3) is 4.85 Å². The number of benzene rings is 1. The average molecular weight is 282 g/mol. The van der Waals surface area contributed by atoms with Crippen molar-refractivity contribution in [1.82, 2.24) is 5.32 Å². The predicted octanol–water partition coefficient (Wildman–Crippen LogP) is 4.11. The van der Waals surface area contributed by atoms with Crippen molar-refractivity contribution in [2.75, 3.05) is 0 Å². The lowest BCUT2D eigenvalue weighted by Gasteiger charge is -2.25. The molecule has 0 aromatic heterocycles. The molecule has 2 aliphatic rings. The highest BCUT2D eigenvalue weighted by molar-refractivity contribution is 5.79. The molecule has 1 N–H and O–H groups in total. The Morgan fingerprint density at radius 1 is 1.38 bits per heavy atom. The van der Waals surface area contributed by atoms with Crippen LogP contribution in [-0.4, -0.2) is 11.4 Å². The smallest absolute Gasteiger partial charge is 0.224 e. The summed E-state index contributed by atoms with van der Waals surface area (Å²) in [6.07, 6.45) is 7.37. The summed E-state index contributed by atoms with van der Waals surface area (Å²) in [4.78, 5) is 15.8. The third-order valence-corrected chi connectivity index (χ3v) is 4.74. The first-order valence-electron chi connectivity index (χ1n) is 7.91. The van der Waals surface area contributed by atoms with Gasteiger partial charge in [-0.1, -0.05) is 31.0 Å². The van der Waals surface area contributed by atoms with Crippen molar-refractivity contribution in [3.63, 3.8) is 0 Å². The molecule has 0 unspecified atom stereocenters. The van der Waals surface area contributed by atoms with Crippen LogP contribution in [-0.2, 0) is 11.2 Å². The van der Waals surface area contributed by atoms with Crippen molar-refractivity contribution >= 4 is 11.6 Å². The van der Waals surface area contributed by atoms with Crippen LogP contribution in [0.4, 0.5) is 5.69 Å². The van der Waals surface area contributed by atoms with E-state index in [1.165, 1.54) is 25.7 Å². The van der Waals surface area contributed by atoms with Gasteiger partial charge in [0.05, 0.1) is 13.0 Å². The van der Waals surface area contributed by atoms with Crippen molar-refractivity contribution in [2.24, 2.45) is 0 Å². The number of hydrogen-bond acceptors (Lipinski definition) is 1. The molecule has 0 atom stereocenters. The molecule has 1 aromatic carbocycles. The van der Waals surface area contributed by atoms with E-state index in [0.717, 1.165) is 29.7 Å². The molecule has 1 aromatic rings. The molecule has 2 saturated carbocycles. The minimum atomic E-state index is -0.00708. The molecular formula is C18H22N2O. The zero-order valence-electron chi connectivity index (χ0n) is 12.6. The summed E-state index contributed by atoms with van der Waals surface area (Å²) in [5, 5.41) is 3.20. The van der Waals surface area contributed by atoms with Gasteiger partial charge in [0.2, 0.25) is 5.91 Å². The molecule has 0 spiro atoms. The van der Waals surface area contributed by atoms with Gasteiger partial charge < -0.3 is 5.32 Å². The molecule has 0 heterocycles. The SMILES string of the molecule is [C-]#[N+]c1ccc(CC(=O)NC2(C)CCCC2)cc1C1CC1. The van der Waals surface area contributed by atoms with E-state index in [1.54, 1.807) is 0 Å². The van der Waals surface area contributed by atoms with Gasteiger partial charge in [-0.3, -0.25) is 4.79 Å². The van der Waals surface area contributed by atoms with Gasteiger partial charge in [-0.05, 0) is 49.7 Å². The fourth-order valence-electron chi connectivity index (χ4n) is 3.38. The number of hydrogen-bond donors (Lipinski definition) is 1. The van der Waals surface area contributed by atoms with Gasteiger partial charge in [0, 0.05) is 5.54 Å². The second kappa shape index (κ2) is 5.52. The third-order valence-electron chi connectivity index (χ3n) is 4.74. The van der Waals surface area contributed by atoms with Gasteiger partial charge in [-0.2, -0.15) is 0 Å². The first kappa shape index (κ1) is 14.1. The van der Waals surface area contributed by atoms with E-state index >= 15 is 0 Å². The fraction of sp³-hybridized carbons (Fsp3) is 0.556. The predicted molar refractivity (Wildman–Crippen MR) is 83.4 cm³/mol. The van der Waals surface area contributed by atoms with Gasteiger partial charge in [0.25, 0.3) is 0 Å². The van der Waals surface area contributed by atoms with Gasteiger partial charge in [0.15, 0.2) is 5.69 Å². The summed E-state index contributed by atoms with van der Waals surface area (Å²) < 4.78 is 0. The topological polar surface area (TPSA) is 33.5 Å². The average Bonchev–Trinajstić information content (AvgIpc) is 3.21. The van der Waals surface area contributed by atoms with E-state index in [1.807, 2.05) is 12.1 Å². The van der Waals surface area contributed by atoms with E-state index in [9.17, 15) is 4.79 Å². The Bertz CT molecular complexity index is 590. The van der Waals surface area contributed by atoms with Crippen molar-refractivity contribution in [3.8, 4) is 0 Å². The van der Waals surface area contributed by atoms with Crippen molar-refractivity contribution < 1.29 is 4.79 Å². The lowest BCUT2D eigenvalue weighted by Crippen LogP contribution is -2.44. The summed E-state index contributed by atoms with van der Waals surface area (Å²) in [5.41, 5.74) is 2.92. The third kappa shape index (κ3) is 3.26. The Morgan fingerprint density at radius 2 is 2.10 bits per heavy atom. The Hall–Kier alpha value is -1.82. The maximum atomic E-state index is 12.3. The number of carbonyl (C=O) groups is 1. The van der Waals surface area contributed by atoms with Crippen molar-refractivity contribution in [1.29, 1.82) is 0 Å². The molecule has 0 saturated heterocycles. The highest BCUT2D eigenvalue weighted by atomic mass is 16.1. The molecule has 2 aliphatic carbocycles. The van der Waals surface area contributed by atoms with Gasteiger partial charge in [-0.25, -0.2) is 4.85 Å². The second-order valence-electron chi connectivity index (χ2n) is 6.77. The molecule has 21 heavy (non-hydrogen) atoms. The molecule has 1 amide bonds. The standard InChI is InChI=1S/C18H22N2O/c1-18(9-3-4-10-18)20-17(21)12-13-5-8-16(19-2)15(11-13)14-6-7-14/h5,8,11,14H,3-4,6-7,9-10,12H2,1H3,(H,20,21). The number of amides is 1. The van der Waals surface area contributed by atoms with Crippen LogP contribution in [0.15, 0.2) is 18.2 Å². The summed E-state index contributed by atoms with van der Waals surface area (Å²) >= 11 is 0. The molecule has 3 nitrogen and oxygen atoms in total. The number of rotatable bonds is 4. The number of carbonyl (C=O) groups excluding carboxylic acids is 1. The summed E-state index contributed by atoms with van der Waals surface area (Å²) in [5.74, 6) is 0.654. The van der Waals surface area contributed by atoms with Crippen LogP contribution in [0, 0.1) is 6.57 Å². The van der Waals surface area contributed by atoms with Gasteiger partial charge in [0.1, 0.15) is 0 Å². The number of nitrogens with one attached hydrogen (secondary N) is 1. The Kier molecular flexibility index (Phi) is 3.71. The summed E-state index contributed by atoms with van der Waals surface area (Å²) in [7, 11) is 0. The maximum absolute atomic E-state index is 12.3. The van der Waals surface area contributed by atoms with Gasteiger partial charge in [-0.15, -0.1) is 0 Å². The van der Waals surface area contributed by atoms with E-state index < -0.39 is 0 Å². The molecule has 0 bridgehead atoms. The Morgan fingerprint density at radius 3 is 2.71 bits per heavy atom. The Labute approximate surface area is 126 Å². The van der Waals surface area contributed by atoms with Crippen LogP contribution in [0.3, 0.4) is 0 Å². The molecule has 0 radical (unpaired) electrons. The van der Waals surface area contributed by atoms with Crippen molar-refractivity contribution in [2.45, 2.75) is 63.3 Å². The van der Waals surface area contributed by atoms with E-state index in [4.69, 9.17) is 6.57 Å². The van der Waals surface area contributed by atoms with Crippen LogP contribution >= 0.6 is 0 Å².